The number of aryl methyl sites for hydroxylation is 1. The second-order valence-corrected chi connectivity index (χ2v) is 13.9. The first-order chi connectivity index (χ1) is 28.7. The third kappa shape index (κ3) is 11.9. The van der Waals surface area contributed by atoms with Crippen molar-refractivity contribution >= 4 is 35.4 Å². The highest BCUT2D eigenvalue weighted by molar-refractivity contribution is 6.01. The van der Waals surface area contributed by atoms with E-state index in [1.54, 1.807) is 55.5 Å². The average molecular weight is 829 g/mol. The Labute approximate surface area is 347 Å². The van der Waals surface area contributed by atoms with Crippen molar-refractivity contribution in [2.75, 3.05) is 53.0 Å². The number of primary amides is 1. The number of hydrogen-bond donors (Lipinski definition) is 8. The summed E-state index contributed by atoms with van der Waals surface area (Å²) in [6, 6.07) is 11.4. The van der Waals surface area contributed by atoms with Gasteiger partial charge in [0.05, 0.1) is 11.6 Å². The third-order valence-electron chi connectivity index (χ3n) is 9.36. The molecule has 0 saturated carbocycles. The van der Waals surface area contributed by atoms with Gasteiger partial charge in [0.1, 0.15) is 61.2 Å². The van der Waals surface area contributed by atoms with Crippen LogP contribution in [0.3, 0.4) is 0 Å². The van der Waals surface area contributed by atoms with Crippen LogP contribution in [-0.4, -0.2) is 112 Å². The first-order valence-electron chi connectivity index (χ1n) is 19.2. The lowest BCUT2D eigenvalue weighted by molar-refractivity contribution is -0.141. The molecule has 1 aliphatic rings. The Morgan fingerprint density at radius 2 is 1.55 bits per heavy atom. The Balaban J connectivity index is 1.86. The number of amides is 6. The third-order valence-corrected chi connectivity index (χ3v) is 9.36. The van der Waals surface area contributed by atoms with Gasteiger partial charge in [0.15, 0.2) is 6.61 Å². The minimum atomic E-state index is -1.43. The van der Waals surface area contributed by atoms with Crippen LogP contribution in [0.1, 0.15) is 46.4 Å². The van der Waals surface area contributed by atoms with Crippen LogP contribution in [0.25, 0.3) is 11.1 Å². The zero-order chi connectivity index (χ0) is 43.9. The fourth-order valence-electron chi connectivity index (χ4n) is 6.45. The second kappa shape index (κ2) is 21.9. The second-order valence-electron chi connectivity index (χ2n) is 13.9. The van der Waals surface area contributed by atoms with Crippen molar-refractivity contribution in [3.8, 4) is 34.4 Å². The Morgan fingerprint density at radius 3 is 2.18 bits per heavy atom. The molecule has 320 valence electrons. The summed E-state index contributed by atoms with van der Waals surface area (Å²) in [5.41, 5.74) is 25.3. The van der Waals surface area contributed by atoms with E-state index in [0.717, 1.165) is 10.5 Å². The van der Waals surface area contributed by atoms with Crippen molar-refractivity contribution in [3.05, 3.63) is 76.9 Å². The molecular weight excluding hydrogens is 777 g/mol. The van der Waals surface area contributed by atoms with Gasteiger partial charge in [-0.05, 0) is 79.9 Å². The number of nitrogens with two attached hydrogens (primary N) is 4. The quantitative estimate of drug-likeness (QED) is 0.0761. The number of nitrogens with one attached hydrogen (secondary N) is 4. The number of likely N-dealkylation sites (N-methyl/N-ethyl adjacent to an activating group) is 1. The molecule has 3 aromatic rings. The molecule has 19 heteroatoms. The predicted molar refractivity (Wildman–Crippen MR) is 219 cm³/mol. The molecule has 0 spiro atoms. The van der Waals surface area contributed by atoms with Crippen molar-refractivity contribution in [2.45, 2.75) is 50.9 Å². The number of carbonyl (C=O) groups excluding carboxylic acids is 6. The lowest BCUT2D eigenvalue weighted by Crippen LogP contribution is -2.56. The lowest BCUT2D eigenvalue weighted by Gasteiger charge is -2.32. The molecule has 12 N–H and O–H groups in total. The van der Waals surface area contributed by atoms with E-state index in [1.807, 2.05) is 6.07 Å². The van der Waals surface area contributed by atoms with Crippen LogP contribution in [0.15, 0.2) is 54.6 Å². The summed E-state index contributed by atoms with van der Waals surface area (Å²) in [5.74, 6) is -3.56. The van der Waals surface area contributed by atoms with E-state index >= 15 is 0 Å². The molecule has 0 aliphatic carbocycles. The molecule has 1 aliphatic heterocycles. The van der Waals surface area contributed by atoms with Crippen molar-refractivity contribution in [3.63, 3.8) is 0 Å². The fraction of sp³-hybridized carbons (Fsp3) is 0.390. The molecule has 4 rings (SSSR count). The van der Waals surface area contributed by atoms with Crippen molar-refractivity contribution in [1.29, 1.82) is 5.26 Å². The molecule has 19 nitrogen and oxygen atoms in total. The standard InChI is InChI=1S/C41H52N10O9/c1-23-4-7-27(34(18-23)60-22-35(46)52)38(54)49-30(10-11-42)41(57)51(3)36-26-6-9-33(59-17-14-45)29(21-26)28-19-25(5-8-32(28)58-16-13-44)20-31(39(55)47-15-12-43)50-37(53)24(2)48-40(36)56/h4-9,18-19,21,24,30-31,36H,10-11,13-17,20,22,42,44-45H2,1-3H3,(H2,46,52)(H,47,55)(H,48,56)(H,49,54)(H,50,53)/t24-,30-,31-,36-/m0/s1. The number of benzene rings is 3. The van der Waals surface area contributed by atoms with Gasteiger partial charge in [-0.2, -0.15) is 5.26 Å². The zero-order valence-electron chi connectivity index (χ0n) is 33.7. The number of nitriles is 1. The summed E-state index contributed by atoms with van der Waals surface area (Å²) in [5, 5.41) is 19.6. The Morgan fingerprint density at radius 1 is 0.883 bits per heavy atom. The van der Waals surface area contributed by atoms with Gasteiger partial charge >= 0.3 is 0 Å². The van der Waals surface area contributed by atoms with Crippen LogP contribution in [0.5, 0.6) is 17.2 Å². The molecule has 0 radical (unpaired) electrons. The molecule has 4 bridgehead atoms. The van der Waals surface area contributed by atoms with E-state index in [-0.39, 0.29) is 69.1 Å². The summed E-state index contributed by atoms with van der Waals surface area (Å²) in [6.45, 7) is 2.93. The number of rotatable bonds is 17. The minimum absolute atomic E-state index is 0.0119. The summed E-state index contributed by atoms with van der Waals surface area (Å²) >= 11 is 0. The highest BCUT2D eigenvalue weighted by Gasteiger charge is 2.36. The zero-order valence-corrected chi connectivity index (χ0v) is 33.7. The summed E-state index contributed by atoms with van der Waals surface area (Å²) in [6.07, 6.45) is -0.0611. The highest BCUT2D eigenvalue weighted by Crippen LogP contribution is 2.40. The first-order valence-corrected chi connectivity index (χ1v) is 19.2. The Bertz CT molecular complexity index is 2110. The van der Waals surface area contributed by atoms with Gasteiger partial charge in [-0.1, -0.05) is 18.2 Å². The van der Waals surface area contributed by atoms with Gasteiger partial charge in [-0.3, -0.25) is 28.8 Å². The number of hydrogen-bond acceptors (Lipinski definition) is 13. The van der Waals surface area contributed by atoms with Crippen molar-refractivity contribution < 1.29 is 43.0 Å². The summed E-state index contributed by atoms with van der Waals surface area (Å²) in [4.78, 5) is 82.2. The largest absolute Gasteiger partial charge is 0.492 e. The number of fused-ring (bicyclic) bond motifs is 5. The Kier molecular flexibility index (Phi) is 16.7. The fourth-order valence-corrected chi connectivity index (χ4v) is 6.45. The number of ether oxygens (including phenoxy) is 3. The monoisotopic (exact) mass is 828 g/mol. The smallest absolute Gasteiger partial charge is 0.255 e. The van der Waals surface area contributed by atoms with E-state index in [4.69, 9.17) is 42.4 Å². The van der Waals surface area contributed by atoms with Gasteiger partial charge in [-0.15, -0.1) is 0 Å². The summed E-state index contributed by atoms with van der Waals surface area (Å²) in [7, 11) is 1.37. The maximum absolute atomic E-state index is 14.5. The number of nitrogens with zero attached hydrogens (tertiary/aromatic N) is 2. The molecule has 60 heavy (non-hydrogen) atoms. The molecule has 4 atom stereocenters. The van der Waals surface area contributed by atoms with E-state index in [0.29, 0.717) is 28.2 Å². The molecule has 0 unspecified atom stereocenters. The van der Waals surface area contributed by atoms with Crippen molar-refractivity contribution in [1.82, 2.24) is 26.2 Å². The van der Waals surface area contributed by atoms with E-state index in [1.165, 1.54) is 20.0 Å². The molecular formula is C41H52N10O9. The van der Waals surface area contributed by atoms with Gasteiger partial charge in [0.25, 0.3) is 11.8 Å². The van der Waals surface area contributed by atoms with Gasteiger partial charge in [0, 0.05) is 37.7 Å². The molecule has 3 aromatic carbocycles. The van der Waals surface area contributed by atoms with E-state index < -0.39 is 66.2 Å². The van der Waals surface area contributed by atoms with Gasteiger partial charge < -0.3 is 63.3 Å². The molecule has 0 aromatic heterocycles. The van der Waals surface area contributed by atoms with Crippen LogP contribution in [0, 0.1) is 18.3 Å². The molecule has 0 fully saturated rings. The topological polar surface area (TPSA) is 309 Å². The van der Waals surface area contributed by atoms with Crippen LogP contribution >= 0.6 is 0 Å². The van der Waals surface area contributed by atoms with Crippen molar-refractivity contribution in [2.24, 2.45) is 22.9 Å². The van der Waals surface area contributed by atoms with Crippen LogP contribution in [0.2, 0.25) is 0 Å². The molecule has 0 saturated heterocycles. The summed E-state index contributed by atoms with van der Waals surface area (Å²) < 4.78 is 17.6. The molecule has 6 amide bonds. The number of carbonyl (C=O) groups is 6. The average Bonchev–Trinajstić information content (AvgIpc) is 3.22. The van der Waals surface area contributed by atoms with Gasteiger partial charge in [-0.25, -0.2) is 0 Å². The first kappa shape index (κ1) is 45.9. The lowest BCUT2D eigenvalue weighted by atomic mass is 9.93. The van der Waals surface area contributed by atoms with Crippen LogP contribution < -0.4 is 58.4 Å². The Hall–Kier alpha value is -6.75. The van der Waals surface area contributed by atoms with Gasteiger partial charge in [0.2, 0.25) is 23.6 Å². The maximum Gasteiger partial charge on any atom is 0.255 e. The van der Waals surface area contributed by atoms with Crippen LogP contribution in [0.4, 0.5) is 0 Å². The normalized spacial score (nSPS) is 16.7. The molecule has 1 heterocycles. The SMILES string of the molecule is Cc1ccc(C(=O)N[C@@H](CCN)C(=O)N(C)[C@@H]2C(=O)N[C@@H](C)C(=O)N[C@H](C(=O)NCC#N)Cc3ccc(OCCN)c(c3)-c3cc2ccc3OCCN)c(OCC(N)=O)c1. The minimum Gasteiger partial charge on any atom is -0.492 e. The van der Waals surface area contributed by atoms with E-state index in [2.05, 4.69) is 21.3 Å². The van der Waals surface area contributed by atoms with Crippen LogP contribution in [-0.2, 0) is 30.4 Å². The van der Waals surface area contributed by atoms with E-state index in [9.17, 15) is 28.8 Å². The predicted octanol–water partition coefficient (Wildman–Crippen LogP) is -0.967. The highest BCUT2D eigenvalue weighted by atomic mass is 16.5. The maximum atomic E-state index is 14.5.